The predicted molar refractivity (Wildman–Crippen MR) is 96.0 cm³/mol. The minimum Gasteiger partial charge on any atom is -0.422 e. The lowest BCUT2D eigenvalue weighted by Crippen LogP contribution is -2.35. The Bertz CT molecular complexity index is 937. The molecule has 0 spiro atoms. The Hall–Kier alpha value is -3.03. The molecule has 4 heterocycles. The molecule has 3 aromatic rings. The first-order valence-electron chi connectivity index (χ1n) is 8.67. The molecule has 0 unspecified atom stereocenters. The largest absolute Gasteiger partial charge is 0.422 e. The Morgan fingerprint density at radius 2 is 1.88 bits per heavy atom. The number of aromatic nitrogens is 4. The second kappa shape index (κ2) is 6.70. The van der Waals surface area contributed by atoms with E-state index in [1.54, 1.807) is 6.20 Å². The van der Waals surface area contributed by atoms with Crippen molar-refractivity contribution >= 4 is 23.2 Å². The van der Waals surface area contributed by atoms with E-state index in [9.17, 15) is 4.79 Å². The summed E-state index contributed by atoms with van der Waals surface area (Å²) in [6.45, 7) is 6.45. The third-order valence-corrected chi connectivity index (χ3v) is 4.44. The van der Waals surface area contributed by atoms with Gasteiger partial charge in [0.25, 0.3) is 11.9 Å². The highest BCUT2D eigenvalue weighted by molar-refractivity contribution is 5.92. The average Bonchev–Trinajstić information content (AvgIpc) is 2.89. The normalized spacial score (nSPS) is 15.3. The third kappa shape index (κ3) is 3.22. The van der Waals surface area contributed by atoms with Gasteiger partial charge in [0.05, 0.1) is 11.9 Å². The van der Waals surface area contributed by atoms with E-state index >= 15 is 0 Å². The average molecular weight is 352 g/mol. The topological polar surface area (TPSA) is 88.3 Å². The molecule has 26 heavy (non-hydrogen) atoms. The van der Waals surface area contributed by atoms with Gasteiger partial charge in [0, 0.05) is 38.1 Å². The molecule has 1 amide bonds. The van der Waals surface area contributed by atoms with Crippen molar-refractivity contribution in [1.82, 2.24) is 24.8 Å². The first kappa shape index (κ1) is 16.4. The highest BCUT2D eigenvalue weighted by Gasteiger charge is 2.23. The zero-order valence-electron chi connectivity index (χ0n) is 14.8. The molecule has 4 rings (SSSR count). The molecule has 0 bridgehead atoms. The second-order valence-electron chi connectivity index (χ2n) is 6.45. The highest BCUT2D eigenvalue weighted by Crippen LogP contribution is 2.22. The number of carbonyl (C=O) groups is 1. The van der Waals surface area contributed by atoms with E-state index in [2.05, 4.69) is 24.8 Å². The fourth-order valence-electron chi connectivity index (χ4n) is 3.01. The molecule has 1 aliphatic rings. The smallest absolute Gasteiger partial charge is 0.300 e. The molecule has 0 atom stereocenters. The van der Waals surface area contributed by atoms with Crippen molar-refractivity contribution in [3.63, 3.8) is 0 Å². The van der Waals surface area contributed by atoms with E-state index in [4.69, 9.17) is 4.42 Å². The fourth-order valence-corrected chi connectivity index (χ4v) is 3.01. The molecule has 8 heteroatoms. The van der Waals surface area contributed by atoms with Crippen molar-refractivity contribution < 1.29 is 9.21 Å². The maximum Gasteiger partial charge on any atom is 0.300 e. The summed E-state index contributed by atoms with van der Waals surface area (Å²) in [5, 5.41) is 0. The maximum absolute atomic E-state index is 12.6. The lowest BCUT2D eigenvalue weighted by molar-refractivity contribution is 0.0760. The van der Waals surface area contributed by atoms with Crippen LogP contribution < -0.4 is 4.90 Å². The number of hydrogen-bond acceptors (Lipinski definition) is 7. The van der Waals surface area contributed by atoms with E-state index in [0.29, 0.717) is 42.6 Å². The Balaban J connectivity index is 1.48. The van der Waals surface area contributed by atoms with Crippen LogP contribution in [0.15, 0.2) is 28.9 Å². The van der Waals surface area contributed by atoms with Crippen LogP contribution in [0.25, 0.3) is 11.2 Å². The van der Waals surface area contributed by atoms with Crippen molar-refractivity contribution in [2.24, 2.45) is 0 Å². The lowest BCUT2D eigenvalue weighted by atomic mass is 10.3. The first-order chi connectivity index (χ1) is 12.6. The summed E-state index contributed by atoms with van der Waals surface area (Å²) in [6, 6.07) is 4.35. The Kier molecular flexibility index (Phi) is 4.24. The quantitative estimate of drug-likeness (QED) is 0.697. The summed E-state index contributed by atoms with van der Waals surface area (Å²) >= 11 is 0. The Labute approximate surface area is 150 Å². The van der Waals surface area contributed by atoms with Crippen molar-refractivity contribution in [2.75, 3.05) is 31.1 Å². The van der Waals surface area contributed by atoms with Crippen LogP contribution in [0.2, 0.25) is 0 Å². The lowest BCUT2D eigenvalue weighted by Gasteiger charge is -2.20. The van der Waals surface area contributed by atoms with Gasteiger partial charge >= 0.3 is 0 Å². The molecule has 3 aromatic heterocycles. The minimum absolute atomic E-state index is 0.0887. The maximum atomic E-state index is 12.6. The molecule has 1 aliphatic heterocycles. The van der Waals surface area contributed by atoms with Gasteiger partial charge in [0.2, 0.25) is 5.65 Å². The Morgan fingerprint density at radius 1 is 1.00 bits per heavy atom. The summed E-state index contributed by atoms with van der Waals surface area (Å²) in [5.41, 5.74) is 3.38. The van der Waals surface area contributed by atoms with Gasteiger partial charge in [0.1, 0.15) is 5.69 Å². The van der Waals surface area contributed by atoms with Gasteiger partial charge in [-0.05, 0) is 32.4 Å². The van der Waals surface area contributed by atoms with Crippen LogP contribution in [0.1, 0.15) is 28.3 Å². The van der Waals surface area contributed by atoms with Crippen molar-refractivity contribution in [2.45, 2.75) is 20.3 Å². The molecule has 1 fully saturated rings. The SMILES string of the molecule is Cc1cnc(C(=O)N2CCCN(c3nc4nc(C)ccc4o3)CC2)cn1. The van der Waals surface area contributed by atoms with Crippen LogP contribution in [-0.2, 0) is 0 Å². The number of oxazole rings is 1. The van der Waals surface area contributed by atoms with E-state index in [1.165, 1.54) is 6.20 Å². The van der Waals surface area contributed by atoms with E-state index in [-0.39, 0.29) is 5.91 Å². The third-order valence-electron chi connectivity index (χ3n) is 4.44. The van der Waals surface area contributed by atoms with Crippen LogP contribution in [0.3, 0.4) is 0 Å². The molecule has 0 N–H and O–H groups in total. The zero-order chi connectivity index (χ0) is 18.1. The molecule has 0 aliphatic carbocycles. The monoisotopic (exact) mass is 352 g/mol. The van der Waals surface area contributed by atoms with E-state index in [0.717, 1.165) is 24.4 Å². The van der Waals surface area contributed by atoms with Gasteiger partial charge < -0.3 is 14.2 Å². The molecule has 0 radical (unpaired) electrons. The van der Waals surface area contributed by atoms with Gasteiger partial charge in [0.15, 0.2) is 5.58 Å². The number of carbonyl (C=O) groups excluding carboxylic acids is 1. The summed E-state index contributed by atoms with van der Waals surface area (Å²) in [4.78, 5) is 33.8. The minimum atomic E-state index is -0.0887. The van der Waals surface area contributed by atoms with Crippen molar-refractivity contribution in [3.8, 4) is 0 Å². The molecule has 134 valence electrons. The van der Waals surface area contributed by atoms with Crippen LogP contribution >= 0.6 is 0 Å². The van der Waals surface area contributed by atoms with Crippen LogP contribution in [-0.4, -0.2) is 56.9 Å². The van der Waals surface area contributed by atoms with Crippen LogP contribution in [0.4, 0.5) is 6.01 Å². The van der Waals surface area contributed by atoms with Crippen LogP contribution in [0.5, 0.6) is 0 Å². The number of fused-ring (bicyclic) bond motifs is 1. The predicted octanol–water partition coefficient (Wildman–Crippen LogP) is 1.98. The number of nitrogens with zero attached hydrogens (tertiary/aromatic N) is 6. The summed E-state index contributed by atoms with van der Waals surface area (Å²) in [5.74, 6) is -0.0887. The number of rotatable bonds is 2. The fraction of sp³-hybridized carbons (Fsp3) is 0.389. The number of anilines is 1. The number of hydrogen-bond donors (Lipinski definition) is 0. The van der Waals surface area contributed by atoms with Gasteiger partial charge in [-0.15, -0.1) is 0 Å². The van der Waals surface area contributed by atoms with E-state index in [1.807, 2.05) is 30.9 Å². The first-order valence-corrected chi connectivity index (χ1v) is 8.67. The second-order valence-corrected chi connectivity index (χ2v) is 6.45. The van der Waals surface area contributed by atoms with Gasteiger partial charge in [-0.25, -0.2) is 9.97 Å². The van der Waals surface area contributed by atoms with Gasteiger partial charge in [-0.2, -0.15) is 4.98 Å². The summed E-state index contributed by atoms with van der Waals surface area (Å²) < 4.78 is 5.84. The number of pyridine rings is 1. The molecule has 0 saturated carbocycles. The number of amides is 1. The standard InChI is InChI=1S/C18H20N6O2/c1-12-4-5-15-16(21-12)22-18(26-15)24-7-3-6-23(8-9-24)17(25)14-11-19-13(2)10-20-14/h4-5,10-11H,3,6-9H2,1-2H3. The molecule has 1 saturated heterocycles. The van der Waals surface area contributed by atoms with Gasteiger partial charge in [-0.3, -0.25) is 9.78 Å². The summed E-state index contributed by atoms with van der Waals surface area (Å²) in [6.07, 6.45) is 3.98. The molecular weight excluding hydrogens is 332 g/mol. The highest BCUT2D eigenvalue weighted by atomic mass is 16.4. The van der Waals surface area contributed by atoms with E-state index < -0.39 is 0 Å². The molecular formula is C18H20N6O2. The molecule has 8 nitrogen and oxygen atoms in total. The summed E-state index contributed by atoms with van der Waals surface area (Å²) in [7, 11) is 0. The number of aryl methyl sites for hydroxylation is 2. The zero-order valence-corrected chi connectivity index (χ0v) is 14.8. The van der Waals surface area contributed by atoms with Crippen molar-refractivity contribution in [1.29, 1.82) is 0 Å². The van der Waals surface area contributed by atoms with Crippen LogP contribution in [0, 0.1) is 13.8 Å². The van der Waals surface area contributed by atoms with Crippen molar-refractivity contribution in [3.05, 3.63) is 41.6 Å². The van der Waals surface area contributed by atoms with Gasteiger partial charge in [-0.1, -0.05) is 0 Å². The Morgan fingerprint density at radius 3 is 2.69 bits per heavy atom. The molecule has 0 aromatic carbocycles.